The lowest BCUT2D eigenvalue weighted by Crippen LogP contribution is -2.16. The van der Waals surface area contributed by atoms with Gasteiger partial charge in [0, 0.05) is 10.6 Å². The van der Waals surface area contributed by atoms with E-state index in [0.29, 0.717) is 15.9 Å². The van der Waals surface area contributed by atoms with Crippen LogP contribution in [0.4, 0.5) is 0 Å². The van der Waals surface area contributed by atoms with Crippen molar-refractivity contribution >= 4 is 34.8 Å². The van der Waals surface area contributed by atoms with Gasteiger partial charge in [-0.2, -0.15) is 0 Å². The molecule has 0 saturated heterocycles. The van der Waals surface area contributed by atoms with Gasteiger partial charge in [-0.3, -0.25) is 4.79 Å². The molecule has 2 aromatic rings. The number of hydrogen-bond donors (Lipinski definition) is 3. The van der Waals surface area contributed by atoms with Crippen LogP contribution < -0.4 is 15.9 Å². The van der Waals surface area contributed by atoms with Crippen molar-refractivity contribution in [2.75, 3.05) is 0 Å². The largest absolute Gasteiger partial charge is 0.506 e. The first-order chi connectivity index (χ1) is 9.89. The molecule has 5 rings (SSSR count). The van der Waals surface area contributed by atoms with Crippen molar-refractivity contribution in [1.29, 1.82) is 0 Å². The normalized spacial score (nSPS) is 19.8. The van der Waals surface area contributed by atoms with Crippen LogP contribution in [-0.4, -0.2) is 27.1 Å². The molecule has 104 valence electrons. The first-order valence-corrected chi connectivity index (χ1v) is 7.71. The number of aromatic hydroxyl groups is 2. The number of para-hydroxylation sites is 1. The van der Waals surface area contributed by atoms with E-state index in [0.717, 1.165) is 0 Å². The Hall–Kier alpha value is -2.59. The first kappa shape index (κ1) is 12.2. The number of hydrogen-bond acceptors (Lipinski definition) is 5. The van der Waals surface area contributed by atoms with Gasteiger partial charge >= 0.3 is 5.97 Å². The number of rotatable bonds is 3. The lowest BCUT2D eigenvalue weighted by molar-refractivity contribution is 0.0693. The van der Waals surface area contributed by atoms with Gasteiger partial charge < -0.3 is 19.9 Å². The summed E-state index contributed by atoms with van der Waals surface area (Å²) in [6.45, 7) is 0. The maximum Gasteiger partial charge on any atom is 0.339 e. The second-order valence-electron chi connectivity index (χ2n) is 4.93. The Morgan fingerprint density at radius 1 is 0.952 bits per heavy atom. The monoisotopic (exact) mass is 302 g/mol. The summed E-state index contributed by atoms with van der Waals surface area (Å²) < 4.78 is 11.9. The highest BCUT2D eigenvalue weighted by atomic mass is 31.2. The molecule has 3 aliphatic heterocycles. The zero-order chi connectivity index (χ0) is 15.1. The van der Waals surface area contributed by atoms with Gasteiger partial charge in [0.05, 0.1) is 16.4 Å². The molecular formula is C14H7O6P. The zero-order valence-electron chi connectivity index (χ0n) is 10.3. The fourth-order valence-corrected chi connectivity index (χ4v) is 5.34. The molecule has 0 aliphatic carbocycles. The maximum atomic E-state index is 12.4. The van der Waals surface area contributed by atoms with Crippen LogP contribution in [0.3, 0.4) is 0 Å². The molecule has 6 nitrogen and oxygen atoms in total. The molecule has 2 aromatic carbocycles. The first-order valence-electron chi connectivity index (χ1n) is 6.00. The summed E-state index contributed by atoms with van der Waals surface area (Å²) in [4.78, 5) is 23.3. The average Bonchev–Trinajstić information content (AvgIpc) is 3.25. The number of carbonyl (C=O) groups excluding carboxylic acids is 1. The molecule has 0 spiro atoms. The molecule has 0 radical (unpaired) electrons. The number of phenols is 2. The van der Waals surface area contributed by atoms with E-state index in [1.54, 1.807) is 0 Å². The third kappa shape index (κ3) is 1.25. The number of phenolic OH excluding ortho intramolecular Hbond substituents is 1. The van der Waals surface area contributed by atoms with Crippen molar-refractivity contribution in [2.45, 2.75) is 0 Å². The van der Waals surface area contributed by atoms with Gasteiger partial charge in [0.1, 0.15) is 17.1 Å². The van der Waals surface area contributed by atoms with Crippen LogP contribution in [0, 0.1) is 0 Å². The number of benzene rings is 2. The van der Waals surface area contributed by atoms with Crippen LogP contribution in [0.15, 0.2) is 24.3 Å². The van der Waals surface area contributed by atoms with E-state index < -0.39 is 30.2 Å². The molecule has 2 bridgehead atoms. The number of ketones is 1. The summed E-state index contributed by atoms with van der Waals surface area (Å²) in [5.41, 5.74) is -0.672. The highest BCUT2D eigenvalue weighted by Crippen LogP contribution is 2.69. The van der Waals surface area contributed by atoms with Gasteiger partial charge in [-0.15, -0.1) is 0 Å². The molecular weight excluding hydrogens is 295 g/mol. The molecule has 1 atom stereocenters. The van der Waals surface area contributed by atoms with Gasteiger partial charge in [-0.05, 0) is 18.2 Å². The summed E-state index contributed by atoms with van der Waals surface area (Å²) in [7, 11) is -2.52. The molecule has 1 unspecified atom stereocenters. The summed E-state index contributed by atoms with van der Waals surface area (Å²) in [6, 6.07) is 5.13. The Kier molecular flexibility index (Phi) is 1.94. The van der Waals surface area contributed by atoms with Crippen molar-refractivity contribution in [3.63, 3.8) is 0 Å². The summed E-state index contributed by atoms with van der Waals surface area (Å²) in [5, 5.41) is 30.4. The van der Waals surface area contributed by atoms with Crippen LogP contribution in [-0.2, 0) is 4.57 Å². The fraction of sp³-hybridized carbons (Fsp3) is 0. The standard InChI is InChI=1S/C14H7O6P/c15-9-5(2-1-3-6(9)14(18)19)10(16)7-4-8-12-13(11(7)17)21(8,12)20/h1-4,15,17H,(H,18,19). The van der Waals surface area contributed by atoms with Crippen LogP contribution >= 0.6 is 7.14 Å². The second-order valence-corrected chi connectivity index (χ2v) is 7.53. The van der Waals surface area contributed by atoms with Gasteiger partial charge in [0.2, 0.25) is 5.78 Å². The van der Waals surface area contributed by atoms with E-state index in [-0.39, 0.29) is 16.9 Å². The maximum absolute atomic E-state index is 12.4. The van der Waals surface area contributed by atoms with Gasteiger partial charge in [0.15, 0.2) is 7.14 Å². The van der Waals surface area contributed by atoms with Crippen molar-refractivity contribution in [3.8, 4) is 11.5 Å². The number of carbonyl (C=O) groups is 2. The minimum Gasteiger partial charge on any atom is -0.506 e. The SMILES string of the molecule is O=C(O)c1cccc(C(=O)c2cc3c4c(c2O)P34=O)c1O. The van der Waals surface area contributed by atoms with Crippen LogP contribution in [0.25, 0.3) is 0 Å². The Morgan fingerprint density at radius 3 is 2.14 bits per heavy atom. The Bertz CT molecular complexity index is 943. The van der Waals surface area contributed by atoms with Gasteiger partial charge in [-0.25, -0.2) is 4.79 Å². The summed E-state index contributed by atoms with van der Waals surface area (Å²) >= 11 is 0. The fourth-order valence-electron chi connectivity index (χ4n) is 2.64. The topological polar surface area (TPSA) is 112 Å². The predicted octanol–water partition coefficient (Wildman–Crippen LogP) is 0.293. The molecule has 21 heavy (non-hydrogen) atoms. The van der Waals surface area contributed by atoms with Gasteiger partial charge in [-0.1, -0.05) is 6.07 Å². The molecule has 0 aromatic heterocycles. The van der Waals surface area contributed by atoms with Crippen molar-refractivity contribution in [2.24, 2.45) is 0 Å². The predicted molar refractivity (Wildman–Crippen MR) is 73.1 cm³/mol. The minimum atomic E-state index is -2.52. The highest BCUT2D eigenvalue weighted by Gasteiger charge is 2.69. The quantitative estimate of drug-likeness (QED) is 0.370. The molecule has 3 N–H and O–H groups in total. The lowest BCUT2D eigenvalue weighted by atomic mass is 9.99. The third-order valence-corrected chi connectivity index (χ3v) is 6.60. The smallest absolute Gasteiger partial charge is 0.339 e. The van der Waals surface area contributed by atoms with Crippen molar-refractivity contribution in [3.05, 3.63) is 41.0 Å². The Morgan fingerprint density at radius 2 is 1.57 bits per heavy atom. The van der Waals surface area contributed by atoms with E-state index in [1.165, 1.54) is 24.3 Å². The minimum absolute atomic E-state index is 0.0643. The van der Waals surface area contributed by atoms with E-state index in [2.05, 4.69) is 0 Å². The average molecular weight is 302 g/mol. The molecule has 0 saturated carbocycles. The molecule has 3 aliphatic rings. The molecule has 3 heterocycles. The van der Waals surface area contributed by atoms with E-state index in [9.17, 15) is 24.4 Å². The van der Waals surface area contributed by atoms with E-state index in [1.807, 2.05) is 0 Å². The highest BCUT2D eigenvalue weighted by molar-refractivity contribution is 8.06. The van der Waals surface area contributed by atoms with E-state index in [4.69, 9.17) is 5.11 Å². The van der Waals surface area contributed by atoms with Crippen LogP contribution in [0.5, 0.6) is 11.5 Å². The summed E-state index contributed by atoms with van der Waals surface area (Å²) in [5.74, 6) is -3.03. The van der Waals surface area contributed by atoms with E-state index >= 15 is 0 Å². The van der Waals surface area contributed by atoms with Gasteiger partial charge in [0.25, 0.3) is 0 Å². The third-order valence-electron chi connectivity index (χ3n) is 3.85. The zero-order valence-corrected chi connectivity index (χ0v) is 11.2. The molecule has 0 fully saturated rings. The van der Waals surface area contributed by atoms with Crippen molar-refractivity contribution in [1.82, 2.24) is 0 Å². The number of carboxylic acid groups (broad SMARTS) is 1. The number of carboxylic acids is 1. The van der Waals surface area contributed by atoms with Crippen LogP contribution in [0.1, 0.15) is 26.3 Å². The molecule has 7 heteroatoms. The van der Waals surface area contributed by atoms with Crippen molar-refractivity contribution < 1.29 is 29.5 Å². The Balaban J connectivity index is 1.83. The molecule has 0 amide bonds. The second kappa shape index (κ2) is 3.35. The van der Waals surface area contributed by atoms with Crippen LogP contribution in [0.2, 0.25) is 0 Å². The number of fused-ring (bicyclic) bond motifs is 2. The lowest BCUT2D eigenvalue weighted by Gasteiger charge is -2.09. The number of aromatic carboxylic acids is 1. The summed E-state index contributed by atoms with van der Waals surface area (Å²) in [6.07, 6.45) is 0. The Labute approximate surface area is 117 Å².